The highest BCUT2D eigenvalue weighted by Gasteiger charge is 2.46. The summed E-state index contributed by atoms with van der Waals surface area (Å²) in [5, 5.41) is 8.57. The second-order valence-electron chi connectivity index (χ2n) is 12.8. The Labute approximate surface area is 252 Å². The maximum atomic E-state index is 14.5. The van der Waals surface area contributed by atoms with E-state index in [1.165, 1.54) is 17.9 Å². The van der Waals surface area contributed by atoms with Crippen molar-refractivity contribution in [1.82, 2.24) is 19.7 Å². The number of anilines is 1. The van der Waals surface area contributed by atoms with Gasteiger partial charge < -0.3 is 14.2 Å². The highest BCUT2D eigenvalue weighted by molar-refractivity contribution is 6.11. The molecule has 7 nitrogen and oxygen atoms in total. The first-order chi connectivity index (χ1) is 20.9. The van der Waals surface area contributed by atoms with E-state index in [9.17, 15) is 26.7 Å². The van der Waals surface area contributed by atoms with Gasteiger partial charge in [-0.2, -0.15) is 13.2 Å². The molecule has 1 aliphatic carbocycles. The molecule has 4 aliphatic rings. The van der Waals surface area contributed by atoms with Crippen molar-refractivity contribution >= 4 is 11.6 Å². The van der Waals surface area contributed by atoms with Gasteiger partial charge in [0.05, 0.1) is 29.8 Å². The molecule has 7 rings (SSSR count). The number of nitrogens with zero attached hydrogens (tertiary/aromatic N) is 5. The smallest absolute Gasteiger partial charge is 0.416 e. The summed E-state index contributed by atoms with van der Waals surface area (Å²) in [5.74, 6) is -2.89. The highest BCUT2D eigenvalue weighted by atomic mass is 19.4. The predicted octanol–water partition coefficient (Wildman–Crippen LogP) is 6.27. The molecule has 0 radical (unpaired) electrons. The minimum absolute atomic E-state index is 0.00811. The fraction of sp³-hybridized carbons (Fsp3) is 0.531. The van der Waals surface area contributed by atoms with Crippen LogP contribution in [-0.2, 0) is 38.1 Å². The number of alkyl halides is 5. The van der Waals surface area contributed by atoms with Gasteiger partial charge in [0.15, 0.2) is 0 Å². The van der Waals surface area contributed by atoms with Gasteiger partial charge in [0.2, 0.25) is 0 Å². The summed E-state index contributed by atoms with van der Waals surface area (Å²) < 4.78 is 79.4. The molecule has 44 heavy (non-hydrogen) atoms. The molecule has 2 aromatic carbocycles. The minimum Gasteiger partial charge on any atom is -0.491 e. The van der Waals surface area contributed by atoms with E-state index in [0.29, 0.717) is 24.5 Å². The van der Waals surface area contributed by atoms with Gasteiger partial charge in [-0.05, 0) is 53.3 Å². The monoisotopic (exact) mass is 615 g/mol. The number of aryl methyl sites for hydroxylation is 1. The maximum Gasteiger partial charge on any atom is 0.416 e. The number of fused-ring (bicyclic) bond motifs is 2. The molecule has 1 atom stereocenters. The summed E-state index contributed by atoms with van der Waals surface area (Å²) in [6.07, 6.45) is 0.924. The Morgan fingerprint density at radius 3 is 2.55 bits per heavy atom. The van der Waals surface area contributed by atoms with E-state index in [2.05, 4.69) is 16.3 Å². The molecule has 2 fully saturated rings. The summed E-state index contributed by atoms with van der Waals surface area (Å²) in [6.45, 7) is 1.81. The number of rotatable bonds is 5. The Morgan fingerprint density at radius 2 is 1.86 bits per heavy atom. The van der Waals surface area contributed by atoms with Gasteiger partial charge in [0.25, 0.3) is 11.8 Å². The van der Waals surface area contributed by atoms with Crippen LogP contribution in [0.2, 0.25) is 0 Å². The first-order valence-corrected chi connectivity index (χ1v) is 15.2. The van der Waals surface area contributed by atoms with E-state index >= 15 is 0 Å². The number of amides is 1. The van der Waals surface area contributed by atoms with E-state index in [-0.39, 0.29) is 49.3 Å². The molecule has 1 saturated carbocycles. The molecule has 3 aromatic rings. The van der Waals surface area contributed by atoms with Crippen molar-refractivity contribution in [2.45, 2.75) is 76.1 Å². The van der Waals surface area contributed by atoms with E-state index in [0.717, 1.165) is 48.7 Å². The van der Waals surface area contributed by atoms with Crippen LogP contribution in [0.3, 0.4) is 0 Å². The number of aromatic nitrogens is 3. The van der Waals surface area contributed by atoms with Crippen LogP contribution in [-0.4, -0.2) is 51.2 Å². The number of carbonyl (C=O) groups is 1. The lowest BCUT2D eigenvalue weighted by molar-refractivity contribution is -0.138. The Kier molecular flexibility index (Phi) is 6.80. The Balaban J connectivity index is 1.28. The van der Waals surface area contributed by atoms with Crippen molar-refractivity contribution in [3.8, 4) is 5.75 Å². The van der Waals surface area contributed by atoms with Gasteiger partial charge >= 0.3 is 6.18 Å². The van der Waals surface area contributed by atoms with Gasteiger partial charge in [0, 0.05) is 51.0 Å². The molecule has 12 heteroatoms. The lowest BCUT2D eigenvalue weighted by Crippen LogP contribution is -2.45. The molecule has 4 heterocycles. The zero-order valence-corrected chi connectivity index (χ0v) is 24.7. The Bertz CT molecular complexity index is 1630. The maximum absolute atomic E-state index is 14.5. The third kappa shape index (κ3) is 4.67. The summed E-state index contributed by atoms with van der Waals surface area (Å²) in [5.41, 5.74) is 1.25. The van der Waals surface area contributed by atoms with E-state index in [4.69, 9.17) is 4.74 Å². The average Bonchev–Trinajstić information content (AvgIpc) is 3.77. The Morgan fingerprint density at radius 1 is 1.09 bits per heavy atom. The van der Waals surface area contributed by atoms with Crippen molar-refractivity contribution in [1.29, 1.82) is 0 Å². The third-order valence-electron chi connectivity index (χ3n) is 10.0. The number of hydrogen-bond acceptors (Lipinski definition) is 5. The van der Waals surface area contributed by atoms with Crippen molar-refractivity contribution in [3.05, 3.63) is 69.8 Å². The number of hydrogen-bond donors (Lipinski definition) is 0. The predicted molar refractivity (Wildman–Crippen MR) is 152 cm³/mol. The van der Waals surface area contributed by atoms with Crippen LogP contribution >= 0.6 is 0 Å². The number of benzene rings is 2. The molecule has 0 N–H and O–H groups in total. The number of carbonyl (C=O) groups excluding carboxylic acids is 1. The fourth-order valence-electron chi connectivity index (χ4n) is 7.68. The Hall–Kier alpha value is -3.54. The second-order valence-corrected chi connectivity index (χ2v) is 12.8. The molecule has 0 spiro atoms. The number of likely N-dealkylation sites (tertiary alicyclic amines) is 1. The SMILES string of the molecule is C[C@@H]1CN(Cc2cc3c(c(C(F)(F)F)c2)CN(c2cc(C4(c5nncn5C)CCCC4)cc4c2OCC4)C3=O)CCC1(F)F. The number of piperidine rings is 1. The normalized spacial score (nSPS) is 22.8. The second kappa shape index (κ2) is 10.3. The van der Waals surface area contributed by atoms with Crippen LogP contribution in [0.5, 0.6) is 5.75 Å². The molecule has 0 bridgehead atoms. The van der Waals surface area contributed by atoms with Crippen molar-refractivity contribution in [2.24, 2.45) is 13.0 Å². The lowest BCUT2D eigenvalue weighted by atomic mass is 9.77. The van der Waals surface area contributed by atoms with Crippen LogP contribution in [0.25, 0.3) is 0 Å². The van der Waals surface area contributed by atoms with E-state index in [1.807, 2.05) is 17.7 Å². The van der Waals surface area contributed by atoms with Gasteiger partial charge in [-0.3, -0.25) is 9.69 Å². The van der Waals surface area contributed by atoms with Crippen molar-refractivity contribution < 1.29 is 31.5 Å². The van der Waals surface area contributed by atoms with E-state index in [1.54, 1.807) is 11.2 Å². The largest absolute Gasteiger partial charge is 0.491 e. The van der Waals surface area contributed by atoms with Crippen LogP contribution in [0.15, 0.2) is 30.6 Å². The van der Waals surface area contributed by atoms with Crippen molar-refractivity contribution in [2.75, 3.05) is 24.6 Å². The summed E-state index contributed by atoms with van der Waals surface area (Å²) in [4.78, 5) is 17.2. The molecule has 3 aliphatic heterocycles. The molecule has 0 unspecified atom stereocenters. The zero-order valence-electron chi connectivity index (χ0n) is 24.7. The summed E-state index contributed by atoms with van der Waals surface area (Å²) in [7, 11) is 1.90. The van der Waals surface area contributed by atoms with E-state index < -0.39 is 34.9 Å². The van der Waals surface area contributed by atoms with Crippen molar-refractivity contribution in [3.63, 3.8) is 0 Å². The highest BCUT2D eigenvalue weighted by Crippen LogP contribution is 2.50. The fourth-order valence-corrected chi connectivity index (χ4v) is 7.68. The quantitative estimate of drug-likeness (QED) is 0.317. The number of ether oxygens (including phenoxy) is 1. The zero-order chi connectivity index (χ0) is 31.0. The molecule has 234 valence electrons. The molecule has 1 saturated heterocycles. The minimum atomic E-state index is -4.70. The van der Waals surface area contributed by atoms with Gasteiger partial charge in [-0.15, -0.1) is 10.2 Å². The molecule has 1 amide bonds. The van der Waals surface area contributed by atoms with Gasteiger partial charge in [0.1, 0.15) is 17.9 Å². The average molecular weight is 616 g/mol. The van der Waals surface area contributed by atoms with Crippen LogP contribution < -0.4 is 9.64 Å². The van der Waals surface area contributed by atoms with Crippen LogP contribution in [0, 0.1) is 5.92 Å². The summed E-state index contributed by atoms with van der Waals surface area (Å²) >= 11 is 0. The van der Waals surface area contributed by atoms with Crippen LogP contribution in [0.4, 0.5) is 27.6 Å². The third-order valence-corrected chi connectivity index (χ3v) is 10.0. The molecular weight excluding hydrogens is 581 g/mol. The first-order valence-electron chi connectivity index (χ1n) is 15.2. The molecule has 1 aromatic heterocycles. The first kappa shape index (κ1) is 29.2. The van der Waals surface area contributed by atoms with Gasteiger partial charge in [-0.25, -0.2) is 8.78 Å². The lowest BCUT2D eigenvalue weighted by Gasteiger charge is -2.36. The topological polar surface area (TPSA) is 63.5 Å². The summed E-state index contributed by atoms with van der Waals surface area (Å²) in [6, 6.07) is 6.58. The van der Waals surface area contributed by atoms with Gasteiger partial charge in [-0.1, -0.05) is 25.8 Å². The standard InChI is InChI=1S/C32H34F5N5O2/c1-19-15-41(9-8-31(19,33)34)16-20-11-23-24(25(12-20)32(35,36)37)17-42(28(23)43)26-14-22(13-21-5-10-44-27(21)26)30(6-3-4-7-30)29-39-38-18-40(29)2/h11-14,18-19H,3-10,15-17H2,1-2H3/t19-/m1/s1. The molecular formula is C32H34F5N5O2. The van der Waals surface area contributed by atoms with Crippen LogP contribution in [0.1, 0.15) is 83.0 Å². The number of halogens is 5.